The Morgan fingerprint density at radius 3 is 2.58 bits per heavy atom. The van der Waals surface area contributed by atoms with Crippen LogP contribution in [-0.2, 0) is 4.79 Å². The van der Waals surface area contributed by atoms with Gasteiger partial charge in [-0.25, -0.2) is 0 Å². The Labute approximate surface area is 119 Å². The number of amides is 1. The van der Waals surface area contributed by atoms with E-state index in [0.29, 0.717) is 10.7 Å². The predicted molar refractivity (Wildman–Crippen MR) is 80.3 cm³/mol. The molecule has 1 atom stereocenters. The lowest BCUT2D eigenvalue weighted by Gasteiger charge is -2.13. The van der Waals surface area contributed by atoms with Gasteiger partial charge in [-0.05, 0) is 37.6 Å². The molecule has 0 radical (unpaired) electrons. The van der Waals surface area contributed by atoms with Crippen LogP contribution in [0.2, 0.25) is 0 Å². The lowest BCUT2D eigenvalue weighted by molar-refractivity contribution is -0.123. The molecule has 1 aromatic rings. The van der Waals surface area contributed by atoms with Gasteiger partial charge >= 0.3 is 0 Å². The van der Waals surface area contributed by atoms with Gasteiger partial charge in [-0.2, -0.15) is 0 Å². The zero-order chi connectivity index (χ0) is 14.3. The summed E-state index contributed by atoms with van der Waals surface area (Å²) in [6.45, 7) is 4.08. The number of ether oxygens (including phenoxy) is 1. The summed E-state index contributed by atoms with van der Waals surface area (Å²) >= 11 is 4.86. The van der Waals surface area contributed by atoms with Crippen molar-refractivity contribution in [1.82, 2.24) is 5.32 Å². The third-order valence-corrected chi connectivity index (χ3v) is 2.87. The van der Waals surface area contributed by atoms with E-state index >= 15 is 0 Å². The summed E-state index contributed by atoms with van der Waals surface area (Å²) in [5.41, 5.74) is 6.28. The molecule has 0 spiro atoms. The fourth-order valence-corrected chi connectivity index (χ4v) is 1.82. The van der Waals surface area contributed by atoms with Gasteiger partial charge in [0, 0.05) is 11.6 Å². The lowest BCUT2D eigenvalue weighted by Crippen LogP contribution is -2.35. The summed E-state index contributed by atoms with van der Waals surface area (Å²) in [6, 6.07) is 7.22. The Balaban J connectivity index is 2.39. The standard InChI is InChI=1S/C14H20N2O2S/c1-3-4-10(2)16-13(17)9-18-12-7-5-11(6-8-12)14(15)19/h5-8,10H,3-4,9H2,1-2H3,(H2,15,19)(H,16,17). The smallest absolute Gasteiger partial charge is 0.258 e. The van der Waals surface area contributed by atoms with Gasteiger partial charge in [0.2, 0.25) is 0 Å². The number of thiocarbonyl (C=S) groups is 1. The monoisotopic (exact) mass is 280 g/mol. The van der Waals surface area contributed by atoms with Gasteiger partial charge in [0.1, 0.15) is 10.7 Å². The summed E-state index contributed by atoms with van der Waals surface area (Å²) < 4.78 is 5.39. The number of carbonyl (C=O) groups excluding carboxylic acids is 1. The Hall–Kier alpha value is -1.62. The molecule has 3 N–H and O–H groups in total. The third kappa shape index (κ3) is 5.70. The van der Waals surface area contributed by atoms with E-state index in [1.54, 1.807) is 24.3 Å². The third-order valence-electron chi connectivity index (χ3n) is 2.64. The van der Waals surface area contributed by atoms with Crippen LogP contribution in [0, 0.1) is 0 Å². The molecule has 5 heteroatoms. The van der Waals surface area contributed by atoms with E-state index in [9.17, 15) is 4.79 Å². The molecule has 104 valence electrons. The Morgan fingerprint density at radius 1 is 1.42 bits per heavy atom. The molecule has 4 nitrogen and oxygen atoms in total. The number of nitrogens with two attached hydrogens (primary N) is 1. The average molecular weight is 280 g/mol. The van der Waals surface area contributed by atoms with Crippen molar-refractivity contribution in [3.63, 3.8) is 0 Å². The molecule has 1 unspecified atom stereocenters. The highest BCUT2D eigenvalue weighted by Gasteiger charge is 2.07. The molecular formula is C14H20N2O2S. The normalized spacial score (nSPS) is 11.7. The topological polar surface area (TPSA) is 64.3 Å². The molecule has 0 bridgehead atoms. The van der Waals surface area contributed by atoms with Crippen molar-refractivity contribution in [1.29, 1.82) is 0 Å². The highest BCUT2D eigenvalue weighted by molar-refractivity contribution is 7.80. The molecule has 19 heavy (non-hydrogen) atoms. The van der Waals surface area contributed by atoms with Gasteiger partial charge in [-0.3, -0.25) is 4.79 Å². The fourth-order valence-electron chi connectivity index (χ4n) is 1.69. The van der Waals surface area contributed by atoms with E-state index in [1.807, 2.05) is 6.92 Å². The summed E-state index contributed by atoms with van der Waals surface area (Å²) in [4.78, 5) is 11.9. The first-order valence-corrected chi connectivity index (χ1v) is 6.75. The maximum Gasteiger partial charge on any atom is 0.258 e. The van der Waals surface area contributed by atoms with E-state index in [-0.39, 0.29) is 18.6 Å². The van der Waals surface area contributed by atoms with Crippen LogP contribution < -0.4 is 15.8 Å². The zero-order valence-corrected chi connectivity index (χ0v) is 12.1. The summed E-state index contributed by atoms with van der Waals surface area (Å²) in [5.74, 6) is 0.512. The van der Waals surface area contributed by atoms with E-state index in [1.165, 1.54) is 0 Å². The fraction of sp³-hybridized carbons (Fsp3) is 0.429. The molecule has 1 amide bonds. The molecule has 0 saturated heterocycles. The quantitative estimate of drug-likeness (QED) is 0.750. The number of hydrogen-bond acceptors (Lipinski definition) is 3. The highest BCUT2D eigenvalue weighted by Crippen LogP contribution is 2.11. The molecule has 0 aromatic heterocycles. The van der Waals surface area contributed by atoms with Crippen LogP contribution in [-0.4, -0.2) is 23.5 Å². The van der Waals surface area contributed by atoms with Crippen molar-refractivity contribution in [2.75, 3.05) is 6.61 Å². The number of carbonyl (C=O) groups is 1. The van der Waals surface area contributed by atoms with Gasteiger partial charge in [0.25, 0.3) is 5.91 Å². The van der Waals surface area contributed by atoms with Crippen LogP contribution in [0.3, 0.4) is 0 Å². The SMILES string of the molecule is CCCC(C)NC(=O)COc1ccc(C(N)=S)cc1. The van der Waals surface area contributed by atoms with E-state index in [2.05, 4.69) is 12.2 Å². The second-order valence-electron chi connectivity index (χ2n) is 4.43. The first-order valence-electron chi connectivity index (χ1n) is 6.35. The molecule has 0 aliphatic rings. The molecular weight excluding hydrogens is 260 g/mol. The summed E-state index contributed by atoms with van der Waals surface area (Å²) in [5, 5.41) is 2.88. The van der Waals surface area contributed by atoms with Gasteiger partial charge in [-0.15, -0.1) is 0 Å². The van der Waals surface area contributed by atoms with Crippen LogP contribution in [0.1, 0.15) is 32.3 Å². The molecule has 1 rings (SSSR count). The Bertz CT molecular complexity index is 432. The van der Waals surface area contributed by atoms with Crippen LogP contribution >= 0.6 is 12.2 Å². The van der Waals surface area contributed by atoms with Crippen LogP contribution in [0.15, 0.2) is 24.3 Å². The first-order chi connectivity index (χ1) is 9.02. The van der Waals surface area contributed by atoms with E-state index in [4.69, 9.17) is 22.7 Å². The minimum Gasteiger partial charge on any atom is -0.484 e. The highest BCUT2D eigenvalue weighted by atomic mass is 32.1. The van der Waals surface area contributed by atoms with Crippen molar-refractivity contribution in [3.8, 4) is 5.75 Å². The van der Waals surface area contributed by atoms with Gasteiger partial charge < -0.3 is 15.8 Å². The predicted octanol–water partition coefficient (Wildman–Crippen LogP) is 2.00. The maximum atomic E-state index is 11.6. The minimum absolute atomic E-state index is 0.0144. The second kappa shape index (κ2) is 7.74. The minimum atomic E-state index is -0.112. The van der Waals surface area contributed by atoms with Crippen molar-refractivity contribution >= 4 is 23.1 Å². The second-order valence-corrected chi connectivity index (χ2v) is 4.87. The van der Waals surface area contributed by atoms with E-state index in [0.717, 1.165) is 18.4 Å². The molecule has 0 aliphatic heterocycles. The van der Waals surface area contributed by atoms with Crippen LogP contribution in [0.25, 0.3) is 0 Å². The zero-order valence-electron chi connectivity index (χ0n) is 11.3. The van der Waals surface area contributed by atoms with Crippen LogP contribution in [0.4, 0.5) is 0 Å². The molecule has 1 aromatic carbocycles. The number of benzene rings is 1. The summed E-state index contributed by atoms with van der Waals surface area (Å²) in [7, 11) is 0. The van der Waals surface area contributed by atoms with E-state index < -0.39 is 0 Å². The van der Waals surface area contributed by atoms with Gasteiger partial charge in [0.15, 0.2) is 6.61 Å². The van der Waals surface area contributed by atoms with Crippen LogP contribution in [0.5, 0.6) is 5.75 Å². The number of hydrogen-bond donors (Lipinski definition) is 2. The van der Waals surface area contributed by atoms with Crippen molar-refractivity contribution < 1.29 is 9.53 Å². The largest absolute Gasteiger partial charge is 0.484 e. The maximum absolute atomic E-state index is 11.6. The Morgan fingerprint density at radius 2 is 2.05 bits per heavy atom. The molecule has 0 heterocycles. The average Bonchev–Trinajstić information content (AvgIpc) is 2.37. The van der Waals surface area contributed by atoms with Crippen molar-refractivity contribution in [3.05, 3.63) is 29.8 Å². The Kier molecular flexibility index (Phi) is 6.29. The van der Waals surface area contributed by atoms with Gasteiger partial charge in [-0.1, -0.05) is 25.6 Å². The number of nitrogens with one attached hydrogen (secondary N) is 1. The first kappa shape index (κ1) is 15.4. The number of rotatable bonds is 7. The van der Waals surface area contributed by atoms with Crippen molar-refractivity contribution in [2.45, 2.75) is 32.7 Å². The lowest BCUT2D eigenvalue weighted by atomic mass is 10.2. The molecule has 0 saturated carbocycles. The van der Waals surface area contributed by atoms with Crippen molar-refractivity contribution in [2.24, 2.45) is 5.73 Å². The molecule has 0 aliphatic carbocycles. The van der Waals surface area contributed by atoms with Gasteiger partial charge in [0.05, 0.1) is 0 Å². The summed E-state index contributed by atoms with van der Waals surface area (Å²) in [6.07, 6.45) is 2.01. The molecule has 0 fully saturated rings.